The predicted molar refractivity (Wildman–Crippen MR) is 91.7 cm³/mol. The molecule has 0 aromatic carbocycles. The maximum absolute atomic E-state index is 11.7. The van der Waals surface area contributed by atoms with E-state index in [4.69, 9.17) is 19.9 Å². The molecule has 8 heteroatoms. The third-order valence-electron chi connectivity index (χ3n) is 2.39. The summed E-state index contributed by atoms with van der Waals surface area (Å²) in [7, 11) is 0. The second-order valence-corrected chi connectivity index (χ2v) is 7.31. The van der Waals surface area contributed by atoms with Gasteiger partial charge in [0.25, 0.3) is 0 Å². The molecule has 0 rings (SSSR count). The van der Waals surface area contributed by atoms with E-state index < -0.39 is 29.3 Å². The van der Waals surface area contributed by atoms with Gasteiger partial charge in [-0.25, -0.2) is 4.79 Å². The van der Waals surface area contributed by atoms with Gasteiger partial charge in [0.1, 0.15) is 24.0 Å². The van der Waals surface area contributed by atoms with Crippen LogP contribution in [0.1, 0.15) is 54.4 Å². The number of hydrogen-bond donors (Lipinski definition) is 2. The van der Waals surface area contributed by atoms with Gasteiger partial charge in [0.05, 0.1) is 0 Å². The van der Waals surface area contributed by atoms with Crippen molar-refractivity contribution in [1.82, 2.24) is 5.32 Å². The van der Waals surface area contributed by atoms with Crippen LogP contribution in [-0.2, 0) is 19.0 Å². The van der Waals surface area contributed by atoms with Crippen LogP contribution in [-0.4, -0.2) is 49.0 Å². The van der Waals surface area contributed by atoms with Gasteiger partial charge in [0.2, 0.25) is 0 Å². The number of nitrogens with zero attached hydrogens (tertiary/aromatic N) is 1. The summed E-state index contributed by atoms with van der Waals surface area (Å²) in [5.74, 6) is -0.400. The number of carbonyl (C=O) groups excluding carboxylic acids is 2. The van der Waals surface area contributed by atoms with Crippen LogP contribution in [0.4, 0.5) is 4.79 Å². The Balaban J connectivity index is 3.70. The second-order valence-electron chi connectivity index (χ2n) is 7.31. The average Bonchev–Trinajstić information content (AvgIpc) is 2.37. The number of ether oxygens (including phenoxy) is 3. The third kappa shape index (κ3) is 14.0. The number of amides is 1. The lowest BCUT2D eigenvalue weighted by molar-refractivity contribution is -0.156. The van der Waals surface area contributed by atoms with Crippen molar-refractivity contribution >= 4 is 18.5 Å². The number of rotatable bonds is 8. The maximum atomic E-state index is 11.7. The van der Waals surface area contributed by atoms with E-state index in [1.165, 1.54) is 0 Å². The van der Waals surface area contributed by atoms with Crippen molar-refractivity contribution in [3.63, 3.8) is 0 Å². The maximum Gasteiger partial charge on any atom is 0.436 e. The standard InChI is InChI=1S/C16H31N3O5/c1-15(2,3)23-13(20)12(17)8-7-9-18-10-22-11-19-14(21)24-16(4,5)6/h11-12,18H,7-10,17H2,1-6H3/t12-/m0/s1. The molecule has 8 nitrogen and oxygen atoms in total. The van der Waals surface area contributed by atoms with E-state index in [0.29, 0.717) is 19.4 Å². The van der Waals surface area contributed by atoms with Gasteiger partial charge < -0.3 is 19.9 Å². The summed E-state index contributed by atoms with van der Waals surface area (Å²) in [6.07, 6.45) is 1.53. The highest BCUT2D eigenvalue weighted by atomic mass is 16.6. The first-order valence-corrected chi connectivity index (χ1v) is 7.97. The lowest BCUT2D eigenvalue weighted by Gasteiger charge is -2.22. The number of aliphatic imine (C=N–C) groups is 1. The number of carbonyl (C=O) groups is 2. The first-order valence-electron chi connectivity index (χ1n) is 7.97. The predicted octanol–water partition coefficient (Wildman–Crippen LogP) is 1.96. The first-order chi connectivity index (χ1) is 10.9. The topological polar surface area (TPSA) is 112 Å². The van der Waals surface area contributed by atoms with E-state index in [2.05, 4.69) is 10.3 Å². The first kappa shape index (κ1) is 22.3. The molecule has 3 N–H and O–H groups in total. The zero-order valence-electron chi connectivity index (χ0n) is 15.5. The molecule has 1 atom stereocenters. The third-order valence-corrected chi connectivity index (χ3v) is 2.39. The smallest absolute Gasteiger partial charge is 0.436 e. The molecule has 0 radical (unpaired) electrons. The molecule has 24 heavy (non-hydrogen) atoms. The van der Waals surface area contributed by atoms with E-state index in [1.54, 1.807) is 41.5 Å². The Labute approximate surface area is 144 Å². The number of esters is 1. The largest absolute Gasteiger partial charge is 0.468 e. The Kier molecular flexibility index (Phi) is 9.53. The van der Waals surface area contributed by atoms with Gasteiger partial charge >= 0.3 is 12.1 Å². The fraction of sp³-hybridized carbons (Fsp3) is 0.812. The molecule has 140 valence electrons. The molecule has 0 unspecified atom stereocenters. The second kappa shape index (κ2) is 10.2. The molecular formula is C16H31N3O5. The Morgan fingerprint density at radius 3 is 2.25 bits per heavy atom. The van der Waals surface area contributed by atoms with Crippen molar-refractivity contribution in [2.45, 2.75) is 71.6 Å². The molecule has 0 aliphatic heterocycles. The van der Waals surface area contributed by atoms with E-state index in [1.807, 2.05) is 0 Å². The van der Waals surface area contributed by atoms with Crippen LogP contribution in [0.5, 0.6) is 0 Å². The Morgan fingerprint density at radius 2 is 1.71 bits per heavy atom. The van der Waals surface area contributed by atoms with Crippen molar-refractivity contribution < 1.29 is 23.8 Å². The van der Waals surface area contributed by atoms with Crippen molar-refractivity contribution in [2.24, 2.45) is 10.7 Å². The van der Waals surface area contributed by atoms with Gasteiger partial charge in [-0.1, -0.05) is 0 Å². The van der Waals surface area contributed by atoms with Crippen molar-refractivity contribution in [2.75, 3.05) is 13.3 Å². The van der Waals surface area contributed by atoms with E-state index >= 15 is 0 Å². The molecule has 0 aliphatic rings. The van der Waals surface area contributed by atoms with Gasteiger partial charge in [-0.2, -0.15) is 0 Å². The highest BCUT2D eigenvalue weighted by molar-refractivity contribution is 5.76. The SMILES string of the molecule is CC(C)(C)OC(=O)N=COCNCCC[C@H](N)C(=O)OC(C)(C)C. The van der Waals surface area contributed by atoms with Gasteiger partial charge in [0.15, 0.2) is 6.40 Å². The fourth-order valence-electron chi connectivity index (χ4n) is 1.48. The van der Waals surface area contributed by atoms with Gasteiger partial charge in [-0.15, -0.1) is 4.99 Å². The van der Waals surface area contributed by atoms with Gasteiger partial charge in [0, 0.05) is 0 Å². The molecule has 0 saturated carbocycles. The minimum absolute atomic E-state index is 0.188. The molecule has 1 amide bonds. The number of nitrogens with one attached hydrogen (secondary N) is 1. The Bertz CT molecular complexity index is 424. The summed E-state index contributed by atoms with van der Waals surface area (Å²) in [5, 5.41) is 2.98. The van der Waals surface area contributed by atoms with Crippen LogP contribution in [0.2, 0.25) is 0 Å². The van der Waals surface area contributed by atoms with E-state index in [-0.39, 0.29) is 6.73 Å². The fourth-order valence-corrected chi connectivity index (χ4v) is 1.48. The zero-order valence-corrected chi connectivity index (χ0v) is 15.5. The Morgan fingerprint density at radius 1 is 1.12 bits per heavy atom. The monoisotopic (exact) mass is 345 g/mol. The summed E-state index contributed by atoms with van der Waals surface area (Å²) < 4.78 is 15.2. The quantitative estimate of drug-likeness (QED) is 0.227. The molecule has 0 fully saturated rings. The minimum Gasteiger partial charge on any atom is -0.468 e. The highest BCUT2D eigenvalue weighted by Crippen LogP contribution is 2.09. The number of nitrogens with two attached hydrogens (primary N) is 1. The van der Waals surface area contributed by atoms with Crippen LogP contribution in [0.3, 0.4) is 0 Å². The molecule has 0 bridgehead atoms. The molecule has 0 aromatic rings. The van der Waals surface area contributed by atoms with Crippen LogP contribution in [0.25, 0.3) is 0 Å². The number of hydrogen-bond acceptors (Lipinski definition) is 7. The highest BCUT2D eigenvalue weighted by Gasteiger charge is 2.21. The van der Waals surface area contributed by atoms with Crippen molar-refractivity contribution in [3.8, 4) is 0 Å². The summed E-state index contributed by atoms with van der Waals surface area (Å²) in [4.78, 5) is 26.4. The molecule has 0 saturated heterocycles. The molecule has 0 aromatic heterocycles. The lowest BCUT2D eigenvalue weighted by Crippen LogP contribution is -2.37. The summed E-state index contributed by atoms with van der Waals surface area (Å²) in [6, 6.07) is -0.638. The summed E-state index contributed by atoms with van der Waals surface area (Å²) in [5.41, 5.74) is 4.65. The summed E-state index contributed by atoms with van der Waals surface area (Å²) in [6.45, 7) is 11.5. The molecular weight excluding hydrogens is 314 g/mol. The Hall–Kier alpha value is -1.67. The lowest BCUT2D eigenvalue weighted by atomic mass is 10.1. The molecule has 0 heterocycles. The van der Waals surface area contributed by atoms with Crippen molar-refractivity contribution in [3.05, 3.63) is 0 Å². The van der Waals surface area contributed by atoms with Gasteiger partial charge in [-0.05, 0) is 60.9 Å². The average molecular weight is 345 g/mol. The summed E-state index contributed by atoms with van der Waals surface area (Å²) >= 11 is 0. The zero-order chi connectivity index (χ0) is 18.8. The van der Waals surface area contributed by atoms with Gasteiger partial charge in [-0.3, -0.25) is 10.1 Å². The van der Waals surface area contributed by atoms with Crippen molar-refractivity contribution in [1.29, 1.82) is 0 Å². The van der Waals surface area contributed by atoms with E-state index in [0.717, 1.165) is 6.40 Å². The van der Waals surface area contributed by atoms with E-state index in [9.17, 15) is 9.59 Å². The van der Waals surface area contributed by atoms with Crippen LogP contribution < -0.4 is 11.1 Å². The molecule has 0 aliphatic carbocycles. The normalized spacial score (nSPS) is 13.6. The van der Waals surface area contributed by atoms with Crippen LogP contribution in [0.15, 0.2) is 4.99 Å². The minimum atomic E-state index is -0.703. The van der Waals surface area contributed by atoms with Crippen LogP contribution in [0, 0.1) is 0 Å². The van der Waals surface area contributed by atoms with Crippen LogP contribution >= 0.6 is 0 Å². The molecule has 0 spiro atoms.